The molecule has 0 amide bonds. The lowest BCUT2D eigenvalue weighted by atomic mass is 9.90. The zero-order valence-electron chi connectivity index (χ0n) is 8.66. The van der Waals surface area contributed by atoms with Gasteiger partial charge in [0.05, 0.1) is 6.61 Å². The fraction of sp³-hybridized carbons (Fsp3) is 0.500. The van der Waals surface area contributed by atoms with E-state index >= 15 is 0 Å². The van der Waals surface area contributed by atoms with Crippen LogP contribution in [0.2, 0.25) is 0 Å². The van der Waals surface area contributed by atoms with E-state index in [1.54, 1.807) is 6.07 Å². The lowest BCUT2D eigenvalue weighted by Crippen LogP contribution is -2.39. The lowest BCUT2D eigenvalue weighted by Gasteiger charge is -2.28. The Morgan fingerprint density at radius 2 is 2.20 bits per heavy atom. The molecule has 15 heavy (non-hydrogen) atoms. The van der Waals surface area contributed by atoms with Gasteiger partial charge in [-0.15, -0.1) is 0 Å². The van der Waals surface area contributed by atoms with Gasteiger partial charge in [0.15, 0.2) is 0 Å². The van der Waals surface area contributed by atoms with Crippen molar-refractivity contribution in [2.24, 2.45) is 11.7 Å². The third-order valence-electron chi connectivity index (χ3n) is 2.97. The van der Waals surface area contributed by atoms with Crippen LogP contribution in [0.15, 0.2) is 24.3 Å². The fourth-order valence-corrected chi connectivity index (χ4v) is 1.97. The highest BCUT2D eigenvalue weighted by Gasteiger charge is 2.23. The molecule has 0 aliphatic carbocycles. The van der Waals surface area contributed by atoms with Crippen molar-refractivity contribution in [2.75, 3.05) is 13.2 Å². The zero-order chi connectivity index (χ0) is 10.7. The van der Waals surface area contributed by atoms with Crippen LogP contribution in [0.5, 0.6) is 0 Å². The summed E-state index contributed by atoms with van der Waals surface area (Å²) >= 11 is 0. The Labute approximate surface area is 89.2 Å². The molecule has 2 rings (SSSR count). The predicted octanol–water partition coefficient (Wildman–Crippen LogP) is 1.73. The van der Waals surface area contributed by atoms with Gasteiger partial charge in [-0.1, -0.05) is 18.2 Å². The molecule has 0 saturated carbocycles. The van der Waals surface area contributed by atoms with E-state index in [0.29, 0.717) is 13.0 Å². The second-order valence-corrected chi connectivity index (χ2v) is 4.08. The summed E-state index contributed by atoms with van der Waals surface area (Å²) in [6, 6.07) is 7.00. The number of nitrogens with two attached hydrogens (primary N) is 1. The molecule has 1 aromatic carbocycles. The average molecular weight is 209 g/mol. The minimum atomic E-state index is -0.143. The van der Waals surface area contributed by atoms with Crippen LogP contribution in [-0.2, 0) is 11.2 Å². The summed E-state index contributed by atoms with van der Waals surface area (Å²) in [6.45, 7) is 1.38. The Morgan fingerprint density at radius 3 is 2.93 bits per heavy atom. The zero-order valence-corrected chi connectivity index (χ0v) is 8.66. The van der Waals surface area contributed by atoms with Crippen LogP contribution in [-0.4, -0.2) is 19.3 Å². The van der Waals surface area contributed by atoms with E-state index in [9.17, 15) is 4.39 Å². The minimum Gasteiger partial charge on any atom is -0.381 e. The molecule has 2 N–H and O–H groups in total. The monoisotopic (exact) mass is 209 g/mol. The standard InChI is InChI=1S/C12H16FNO/c13-11-4-2-1-3-9(11)7-10-8-15-6-5-12(10)14/h1-4,10,12H,5-8,14H2/t10-,12-/m1/s1. The summed E-state index contributed by atoms with van der Waals surface area (Å²) in [5.41, 5.74) is 6.71. The first-order valence-corrected chi connectivity index (χ1v) is 5.34. The predicted molar refractivity (Wildman–Crippen MR) is 57.0 cm³/mol. The molecule has 2 nitrogen and oxygen atoms in total. The van der Waals surface area contributed by atoms with Crippen LogP contribution in [0.4, 0.5) is 4.39 Å². The third-order valence-corrected chi connectivity index (χ3v) is 2.97. The van der Waals surface area contributed by atoms with E-state index in [0.717, 1.165) is 18.6 Å². The molecule has 1 aliphatic rings. The van der Waals surface area contributed by atoms with Crippen molar-refractivity contribution < 1.29 is 9.13 Å². The molecule has 82 valence electrons. The van der Waals surface area contributed by atoms with Crippen molar-refractivity contribution in [3.05, 3.63) is 35.6 Å². The SMILES string of the molecule is N[C@@H]1CCOC[C@H]1Cc1ccccc1F. The van der Waals surface area contributed by atoms with Gasteiger partial charge in [-0.2, -0.15) is 0 Å². The Kier molecular flexibility index (Phi) is 3.34. The largest absolute Gasteiger partial charge is 0.381 e. The van der Waals surface area contributed by atoms with E-state index in [2.05, 4.69) is 0 Å². The van der Waals surface area contributed by atoms with Crippen LogP contribution in [0.25, 0.3) is 0 Å². The molecular formula is C12H16FNO. The van der Waals surface area contributed by atoms with Crippen molar-refractivity contribution in [3.63, 3.8) is 0 Å². The van der Waals surface area contributed by atoms with Crippen LogP contribution in [0, 0.1) is 11.7 Å². The Bertz CT molecular complexity index is 329. The summed E-state index contributed by atoms with van der Waals surface area (Å²) in [5.74, 6) is 0.103. The summed E-state index contributed by atoms with van der Waals surface area (Å²) in [5, 5.41) is 0. The second kappa shape index (κ2) is 4.73. The highest BCUT2D eigenvalue weighted by molar-refractivity contribution is 5.18. The maximum atomic E-state index is 13.4. The number of benzene rings is 1. The molecule has 2 atom stereocenters. The summed E-state index contributed by atoms with van der Waals surface area (Å²) in [7, 11) is 0. The topological polar surface area (TPSA) is 35.2 Å². The number of halogens is 1. The molecule has 1 aromatic rings. The number of hydrogen-bond donors (Lipinski definition) is 1. The molecule has 1 fully saturated rings. The highest BCUT2D eigenvalue weighted by atomic mass is 19.1. The molecule has 0 spiro atoms. The van der Waals surface area contributed by atoms with E-state index in [4.69, 9.17) is 10.5 Å². The number of rotatable bonds is 2. The first-order chi connectivity index (χ1) is 7.27. The molecule has 0 bridgehead atoms. The van der Waals surface area contributed by atoms with Crippen LogP contribution < -0.4 is 5.73 Å². The van der Waals surface area contributed by atoms with E-state index in [1.807, 2.05) is 12.1 Å². The summed E-state index contributed by atoms with van der Waals surface area (Å²) in [6.07, 6.45) is 1.55. The molecule has 1 aliphatic heterocycles. The Hall–Kier alpha value is -0.930. The molecule has 1 saturated heterocycles. The van der Waals surface area contributed by atoms with Crippen molar-refractivity contribution >= 4 is 0 Å². The van der Waals surface area contributed by atoms with Crippen LogP contribution in [0.3, 0.4) is 0 Å². The Morgan fingerprint density at radius 1 is 1.40 bits per heavy atom. The molecule has 0 radical (unpaired) electrons. The maximum absolute atomic E-state index is 13.4. The second-order valence-electron chi connectivity index (χ2n) is 4.08. The first kappa shape index (κ1) is 10.6. The van der Waals surface area contributed by atoms with Gasteiger partial charge in [-0.3, -0.25) is 0 Å². The normalized spacial score (nSPS) is 26.5. The van der Waals surface area contributed by atoms with Gasteiger partial charge in [-0.25, -0.2) is 4.39 Å². The third kappa shape index (κ3) is 2.55. The van der Waals surface area contributed by atoms with E-state index in [-0.39, 0.29) is 17.8 Å². The smallest absolute Gasteiger partial charge is 0.126 e. The van der Waals surface area contributed by atoms with Gasteiger partial charge in [-0.05, 0) is 24.5 Å². The fourth-order valence-electron chi connectivity index (χ4n) is 1.97. The maximum Gasteiger partial charge on any atom is 0.126 e. The van der Waals surface area contributed by atoms with Gasteiger partial charge < -0.3 is 10.5 Å². The molecule has 3 heteroatoms. The van der Waals surface area contributed by atoms with Crippen molar-refractivity contribution in [2.45, 2.75) is 18.9 Å². The average Bonchev–Trinajstić information content (AvgIpc) is 2.24. The minimum absolute atomic E-state index is 0.137. The van der Waals surface area contributed by atoms with Gasteiger partial charge in [0, 0.05) is 18.6 Å². The van der Waals surface area contributed by atoms with Crippen molar-refractivity contribution in [1.82, 2.24) is 0 Å². The summed E-state index contributed by atoms with van der Waals surface area (Å²) in [4.78, 5) is 0. The van der Waals surface area contributed by atoms with Crippen LogP contribution in [0.1, 0.15) is 12.0 Å². The quantitative estimate of drug-likeness (QED) is 0.805. The van der Waals surface area contributed by atoms with Crippen LogP contribution >= 0.6 is 0 Å². The molecule has 1 heterocycles. The van der Waals surface area contributed by atoms with Gasteiger partial charge in [0.2, 0.25) is 0 Å². The van der Waals surface area contributed by atoms with Crippen molar-refractivity contribution in [3.8, 4) is 0 Å². The van der Waals surface area contributed by atoms with Gasteiger partial charge >= 0.3 is 0 Å². The summed E-state index contributed by atoms with van der Waals surface area (Å²) < 4.78 is 18.8. The van der Waals surface area contributed by atoms with E-state index in [1.165, 1.54) is 6.07 Å². The lowest BCUT2D eigenvalue weighted by molar-refractivity contribution is 0.0419. The Balaban J connectivity index is 2.04. The van der Waals surface area contributed by atoms with Crippen molar-refractivity contribution in [1.29, 1.82) is 0 Å². The highest BCUT2D eigenvalue weighted by Crippen LogP contribution is 2.19. The number of hydrogen-bond acceptors (Lipinski definition) is 2. The molecule has 0 unspecified atom stereocenters. The molecule has 0 aromatic heterocycles. The van der Waals surface area contributed by atoms with Gasteiger partial charge in [0.25, 0.3) is 0 Å². The van der Waals surface area contributed by atoms with E-state index < -0.39 is 0 Å². The van der Waals surface area contributed by atoms with Gasteiger partial charge in [0.1, 0.15) is 5.82 Å². The molecular weight excluding hydrogens is 193 g/mol. The first-order valence-electron chi connectivity index (χ1n) is 5.34. The number of ether oxygens (including phenoxy) is 1.